The van der Waals surface area contributed by atoms with Crippen molar-refractivity contribution in [1.29, 1.82) is 0 Å². The highest BCUT2D eigenvalue weighted by Crippen LogP contribution is 2.16. The summed E-state index contributed by atoms with van der Waals surface area (Å²) in [6.45, 7) is 5.18. The normalized spacial score (nSPS) is 24.5. The third kappa shape index (κ3) is 3.47. The minimum absolute atomic E-state index is 0.138. The maximum atomic E-state index is 11.3. The molecule has 0 amide bonds. The molecule has 1 fully saturated rings. The maximum absolute atomic E-state index is 11.3. The van der Waals surface area contributed by atoms with Gasteiger partial charge in [0.2, 0.25) is 0 Å². The lowest BCUT2D eigenvalue weighted by molar-refractivity contribution is -0.145. The van der Waals surface area contributed by atoms with Gasteiger partial charge in [0.15, 0.2) is 0 Å². The Morgan fingerprint density at radius 1 is 1.67 bits per heavy atom. The van der Waals surface area contributed by atoms with Crippen LogP contribution in [0.4, 0.5) is 0 Å². The Kier molecular flexibility index (Phi) is 4.54. The lowest BCUT2D eigenvalue weighted by Gasteiger charge is -2.25. The summed E-state index contributed by atoms with van der Waals surface area (Å²) in [4.78, 5) is 15.7. The monoisotopic (exact) mass is 214 g/mol. The fourth-order valence-electron chi connectivity index (χ4n) is 2.09. The number of hydrogen-bond donors (Lipinski definition) is 0. The van der Waals surface area contributed by atoms with Crippen molar-refractivity contribution in [1.82, 2.24) is 9.80 Å². The third-order valence-corrected chi connectivity index (χ3v) is 3.24. The maximum Gasteiger partial charge on any atom is 0.322 e. The first-order valence-corrected chi connectivity index (χ1v) is 5.51. The highest BCUT2D eigenvalue weighted by molar-refractivity contribution is 5.75. The van der Waals surface area contributed by atoms with Crippen LogP contribution in [-0.4, -0.2) is 62.7 Å². The summed E-state index contributed by atoms with van der Waals surface area (Å²) in [7, 11) is 5.57. The molecule has 1 saturated heterocycles. The molecule has 4 nitrogen and oxygen atoms in total. The van der Waals surface area contributed by atoms with Crippen LogP contribution in [0.5, 0.6) is 0 Å². The molecule has 1 aliphatic rings. The fraction of sp³-hybridized carbons (Fsp3) is 0.909. The first-order valence-electron chi connectivity index (χ1n) is 5.51. The van der Waals surface area contributed by atoms with E-state index < -0.39 is 0 Å². The highest BCUT2D eigenvalue weighted by Gasteiger charge is 2.25. The van der Waals surface area contributed by atoms with Gasteiger partial charge < -0.3 is 9.64 Å². The predicted octanol–water partition coefficient (Wildman–Crippen LogP) is 0.431. The van der Waals surface area contributed by atoms with E-state index in [1.165, 1.54) is 20.1 Å². The van der Waals surface area contributed by atoms with E-state index in [0.717, 1.165) is 13.1 Å². The van der Waals surface area contributed by atoms with Crippen molar-refractivity contribution in [2.24, 2.45) is 5.92 Å². The Hall–Kier alpha value is -0.610. The van der Waals surface area contributed by atoms with Crippen LogP contribution in [0.3, 0.4) is 0 Å². The molecule has 0 aliphatic carbocycles. The van der Waals surface area contributed by atoms with Crippen molar-refractivity contribution in [3.63, 3.8) is 0 Å². The van der Waals surface area contributed by atoms with E-state index in [9.17, 15) is 4.79 Å². The molecule has 1 heterocycles. The Morgan fingerprint density at radius 2 is 2.33 bits per heavy atom. The summed E-state index contributed by atoms with van der Waals surface area (Å²) in [5.41, 5.74) is 0. The first-order chi connectivity index (χ1) is 7.04. The number of methoxy groups -OCH3 is 1. The Labute approximate surface area is 92.2 Å². The third-order valence-electron chi connectivity index (χ3n) is 3.24. The average Bonchev–Trinajstić information content (AvgIpc) is 2.61. The summed E-state index contributed by atoms with van der Waals surface area (Å²) in [5, 5.41) is 0. The SMILES string of the molecule is COC(=O)C(C)N(C)CC1CCN(C)C1. The summed E-state index contributed by atoms with van der Waals surface area (Å²) in [5.74, 6) is 0.538. The van der Waals surface area contributed by atoms with E-state index in [2.05, 4.69) is 16.8 Å². The number of rotatable bonds is 4. The number of esters is 1. The van der Waals surface area contributed by atoms with Crippen LogP contribution in [0.25, 0.3) is 0 Å². The molecular formula is C11H22N2O2. The highest BCUT2D eigenvalue weighted by atomic mass is 16.5. The Balaban J connectivity index is 2.34. The first kappa shape index (κ1) is 12.5. The van der Waals surface area contributed by atoms with E-state index in [1.807, 2.05) is 14.0 Å². The van der Waals surface area contributed by atoms with Gasteiger partial charge in [0.25, 0.3) is 0 Å². The zero-order chi connectivity index (χ0) is 11.4. The van der Waals surface area contributed by atoms with Crippen molar-refractivity contribution in [3.8, 4) is 0 Å². The summed E-state index contributed by atoms with van der Waals surface area (Å²) in [6, 6.07) is -0.138. The number of carbonyl (C=O) groups is 1. The fourth-order valence-corrected chi connectivity index (χ4v) is 2.09. The molecule has 2 atom stereocenters. The van der Waals surface area contributed by atoms with Gasteiger partial charge in [-0.25, -0.2) is 0 Å². The predicted molar refractivity (Wildman–Crippen MR) is 59.7 cm³/mol. The van der Waals surface area contributed by atoms with Gasteiger partial charge in [-0.2, -0.15) is 0 Å². The number of likely N-dealkylation sites (N-methyl/N-ethyl adjacent to an activating group) is 1. The molecule has 0 bridgehead atoms. The van der Waals surface area contributed by atoms with Crippen molar-refractivity contribution in [2.75, 3.05) is 40.8 Å². The minimum atomic E-state index is -0.149. The number of carbonyl (C=O) groups excluding carboxylic acids is 1. The van der Waals surface area contributed by atoms with Crippen molar-refractivity contribution in [3.05, 3.63) is 0 Å². The van der Waals surface area contributed by atoms with E-state index in [-0.39, 0.29) is 12.0 Å². The quantitative estimate of drug-likeness (QED) is 0.635. The number of hydrogen-bond acceptors (Lipinski definition) is 4. The topological polar surface area (TPSA) is 32.8 Å². The molecule has 2 unspecified atom stereocenters. The van der Waals surface area contributed by atoms with Crippen molar-refractivity contribution in [2.45, 2.75) is 19.4 Å². The van der Waals surface area contributed by atoms with E-state index in [0.29, 0.717) is 5.92 Å². The summed E-state index contributed by atoms with van der Waals surface area (Å²) < 4.78 is 4.73. The van der Waals surface area contributed by atoms with Crippen LogP contribution in [0.15, 0.2) is 0 Å². The Bertz CT molecular complexity index is 221. The van der Waals surface area contributed by atoms with Crippen molar-refractivity contribution < 1.29 is 9.53 Å². The molecule has 0 aromatic rings. The molecule has 1 rings (SSSR count). The van der Waals surface area contributed by atoms with Gasteiger partial charge in [0, 0.05) is 13.1 Å². The lowest BCUT2D eigenvalue weighted by atomic mass is 10.1. The summed E-state index contributed by atoms with van der Waals surface area (Å²) >= 11 is 0. The molecule has 0 spiro atoms. The second kappa shape index (κ2) is 5.47. The molecule has 0 radical (unpaired) electrons. The molecule has 15 heavy (non-hydrogen) atoms. The van der Waals surface area contributed by atoms with Crippen LogP contribution >= 0.6 is 0 Å². The second-order valence-corrected chi connectivity index (χ2v) is 4.56. The van der Waals surface area contributed by atoms with Gasteiger partial charge >= 0.3 is 5.97 Å². The Morgan fingerprint density at radius 3 is 2.80 bits per heavy atom. The molecular weight excluding hydrogens is 192 g/mol. The van der Waals surface area contributed by atoms with Gasteiger partial charge in [-0.1, -0.05) is 0 Å². The van der Waals surface area contributed by atoms with Gasteiger partial charge in [0.05, 0.1) is 7.11 Å². The minimum Gasteiger partial charge on any atom is -0.468 e. The average molecular weight is 214 g/mol. The van der Waals surface area contributed by atoms with Gasteiger partial charge in [-0.05, 0) is 39.9 Å². The van der Waals surface area contributed by atoms with E-state index in [4.69, 9.17) is 4.74 Å². The van der Waals surface area contributed by atoms with Crippen LogP contribution in [0, 0.1) is 5.92 Å². The van der Waals surface area contributed by atoms with Gasteiger partial charge in [-0.3, -0.25) is 9.69 Å². The van der Waals surface area contributed by atoms with Crippen LogP contribution in [-0.2, 0) is 9.53 Å². The van der Waals surface area contributed by atoms with Crippen LogP contribution < -0.4 is 0 Å². The van der Waals surface area contributed by atoms with Crippen molar-refractivity contribution >= 4 is 5.97 Å². The molecule has 4 heteroatoms. The molecule has 0 saturated carbocycles. The van der Waals surface area contributed by atoms with Gasteiger partial charge in [0.1, 0.15) is 6.04 Å². The number of ether oxygens (including phenoxy) is 1. The second-order valence-electron chi connectivity index (χ2n) is 4.56. The van der Waals surface area contributed by atoms with E-state index in [1.54, 1.807) is 0 Å². The summed E-state index contributed by atoms with van der Waals surface area (Å²) in [6.07, 6.45) is 1.23. The molecule has 0 aromatic carbocycles. The lowest BCUT2D eigenvalue weighted by Crippen LogP contribution is -2.40. The molecule has 0 aromatic heterocycles. The smallest absolute Gasteiger partial charge is 0.322 e. The van der Waals surface area contributed by atoms with Gasteiger partial charge in [-0.15, -0.1) is 0 Å². The number of nitrogens with zero attached hydrogens (tertiary/aromatic N) is 2. The largest absolute Gasteiger partial charge is 0.468 e. The standard InChI is InChI=1S/C11H22N2O2/c1-9(11(14)15-4)13(3)8-10-5-6-12(2)7-10/h9-10H,5-8H2,1-4H3. The van der Waals surface area contributed by atoms with Crippen LogP contribution in [0.1, 0.15) is 13.3 Å². The molecule has 0 N–H and O–H groups in total. The van der Waals surface area contributed by atoms with Crippen LogP contribution in [0.2, 0.25) is 0 Å². The van der Waals surface area contributed by atoms with E-state index >= 15 is 0 Å². The zero-order valence-corrected chi connectivity index (χ0v) is 10.2. The zero-order valence-electron chi connectivity index (χ0n) is 10.2. The molecule has 1 aliphatic heterocycles. The number of likely N-dealkylation sites (tertiary alicyclic amines) is 1. The molecule has 88 valence electrons.